The van der Waals surface area contributed by atoms with Crippen molar-refractivity contribution in [2.75, 3.05) is 13.7 Å². The molecule has 3 rings (SSSR count). The van der Waals surface area contributed by atoms with E-state index in [0.29, 0.717) is 12.2 Å². The first-order valence-electron chi connectivity index (χ1n) is 13.0. The lowest BCUT2D eigenvalue weighted by molar-refractivity contribution is 0.0206. The van der Waals surface area contributed by atoms with Crippen LogP contribution >= 0.6 is 0 Å². The lowest BCUT2D eigenvalue weighted by Gasteiger charge is -2.33. The topological polar surface area (TPSA) is 103 Å². The molecule has 39 heavy (non-hydrogen) atoms. The van der Waals surface area contributed by atoms with Crippen molar-refractivity contribution >= 4 is 12.2 Å². The summed E-state index contributed by atoms with van der Waals surface area (Å²) in [7, 11) is 1.59. The molecule has 0 spiro atoms. The Balaban J connectivity index is 1.82. The Morgan fingerprint density at radius 1 is 0.897 bits per heavy atom. The van der Waals surface area contributed by atoms with Gasteiger partial charge in [-0.15, -0.1) is 0 Å². The molecule has 3 aromatic rings. The van der Waals surface area contributed by atoms with Crippen LogP contribution in [0.3, 0.4) is 0 Å². The fourth-order valence-electron chi connectivity index (χ4n) is 3.99. The maximum Gasteiger partial charge on any atom is 0.410 e. The first-order valence-corrected chi connectivity index (χ1v) is 13.0. The predicted molar refractivity (Wildman–Crippen MR) is 151 cm³/mol. The van der Waals surface area contributed by atoms with Crippen molar-refractivity contribution in [2.24, 2.45) is 5.73 Å². The van der Waals surface area contributed by atoms with Crippen LogP contribution in [-0.4, -0.2) is 48.4 Å². The minimum Gasteiger partial charge on any atom is -0.497 e. The number of nitrogens with one attached hydrogen (secondary N) is 1. The van der Waals surface area contributed by atoms with E-state index in [-0.39, 0.29) is 19.7 Å². The fourth-order valence-corrected chi connectivity index (χ4v) is 3.99. The molecule has 0 aromatic heterocycles. The van der Waals surface area contributed by atoms with Gasteiger partial charge in [-0.2, -0.15) is 0 Å². The summed E-state index contributed by atoms with van der Waals surface area (Å²) in [6, 6.07) is 25.5. The van der Waals surface area contributed by atoms with Crippen molar-refractivity contribution in [2.45, 2.75) is 58.0 Å². The van der Waals surface area contributed by atoms with Gasteiger partial charge in [0.1, 0.15) is 18.0 Å². The van der Waals surface area contributed by atoms with Crippen molar-refractivity contribution in [3.8, 4) is 5.75 Å². The number of amides is 2. The van der Waals surface area contributed by atoms with Gasteiger partial charge in [0.2, 0.25) is 0 Å². The van der Waals surface area contributed by atoms with Crippen LogP contribution in [0.1, 0.15) is 37.5 Å². The number of nitrogens with two attached hydrogens (primary N) is 1. The number of nitrogens with zero attached hydrogens (tertiary/aromatic N) is 1. The standard InChI is InChI=1S/C31H39N3O5/c1-31(2,3)39-30(36)34(20-25-16-11-17-26(18-25)37-4)21-28(27(32)19-23-12-7-5-8-13-23)33-29(35)38-22-24-14-9-6-10-15-24/h5-18,27-28H,19-22,32H2,1-4H3,(H,33,35)/t27-,28?/m0/s1. The third-order valence-electron chi connectivity index (χ3n) is 5.92. The molecule has 0 aliphatic carbocycles. The number of benzene rings is 3. The number of hydrogen-bond donors (Lipinski definition) is 2. The number of carbonyl (C=O) groups is 2. The van der Waals surface area contributed by atoms with E-state index in [9.17, 15) is 9.59 Å². The summed E-state index contributed by atoms with van der Waals surface area (Å²) < 4.78 is 16.5. The second-order valence-electron chi connectivity index (χ2n) is 10.4. The molecular weight excluding hydrogens is 494 g/mol. The molecule has 0 aliphatic rings. The van der Waals surface area contributed by atoms with Gasteiger partial charge in [-0.25, -0.2) is 9.59 Å². The van der Waals surface area contributed by atoms with Crippen LogP contribution in [0.2, 0.25) is 0 Å². The summed E-state index contributed by atoms with van der Waals surface area (Å²) in [5.41, 5.74) is 8.69. The Morgan fingerprint density at radius 2 is 1.51 bits per heavy atom. The third kappa shape index (κ3) is 10.3. The summed E-state index contributed by atoms with van der Waals surface area (Å²) in [5, 5.41) is 2.90. The molecule has 0 fully saturated rings. The Morgan fingerprint density at radius 3 is 2.13 bits per heavy atom. The van der Waals surface area contributed by atoms with Crippen LogP contribution in [0.4, 0.5) is 9.59 Å². The number of rotatable bonds is 11. The summed E-state index contributed by atoms with van der Waals surface area (Å²) in [4.78, 5) is 27.7. The van der Waals surface area contributed by atoms with Gasteiger partial charge < -0.3 is 30.2 Å². The summed E-state index contributed by atoms with van der Waals surface area (Å²) in [5.74, 6) is 0.677. The summed E-state index contributed by atoms with van der Waals surface area (Å²) in [6.07, 6.45) is -0.634. The minimum absolute atomic E-state index is 0.112. The zero-order chi connectivity index (χ0) is 28.3. The molecule has 208 valence electrons. The second-order valence-corrected chi connectivity index (χ2v) is 10.4. The molecule has 0 heterocycles. The molecule has 8 heteroatoms. The molecule has 3 N–H and O–H groups in total. The molecule has 2 amide bonds. The number of methoxy groups -OCH3 is 1. The SMILES string of the molecule is COc1cccc(CN(CC(NC(=O)OCc2ccccc2)[C@@H](N)Cc2ccccc2)C(=O)OC(C)(C)C)c1. The third-order valence-corrected chi connectivity index (χ3v) is 5.92. The van der Waals surface area contributed by atoms with Crippen molar-refractivity contribution in [1.29, 1.82) is 0 Å². The Kier molecular flexibility index (Phi) is 10.8. The molecule has 0 aliphatic heterocycles. The zero-order valence-electron chi connectivity index (χ0n) is 23.1. The van der Waals surface area contributed by atoms with Crippen LogP contribution in [-0.2, 0) is 29.0 Å². The van der Waals surface area contributed by atoms with E-state index < -0.39 is 29.9 Å². The van der Waals surface area contributed by atoms with Gasteiger partial charge >= 0.3 is 12.2 Å². The van der Waals surface area contributed by atoms with Gasteiger partial charge in [0.05, 0.1) is 13.2 Å². The van der Waals surface area contributed by atoms with E-state index in [2.05, 4.69) is 5.32 Å². The van der Waals surface area contributed by atoms with E-state index in [1.165, 1.54) is 0 Å². The van der Waals surface area contributed by atoms with Gasteiger partial charge in [0.15, 0.2) is 0 Å². The van der Waals surface area contributed by atoms with Crippen molar-refractivity contribution in [3.63, 3.8) is 0 Å². The van der Waals surface area contributed by atoms with E-state index >= 15 is 0 Å². The Labute approximate surface area is 231 Å². The lowest BCUT2D eigenvalue weighted by atomic mass is 9.99. The Hall–Kier alpha value is -4.04. The summed E-state index contributed by atoms with van der Waals surface area (Å²) in [6.45, 7) is 5.90. The summed E-state index contributed by atoms with van der Waals surface area (Å²) >= 11 is 0. The first-order chi connectivity index (χ1) is 18.6. The predicted octanol–water partition coefficient (Wildman–Crippen LogP) is 5.30. The van der Waals surface area contributed by atoms with Crippen LogP contribution < -0.4 is 15.8 Å². The molecular formula is C31H39N3O5. The molecule has 2 atom stereocenters. The highest BCUT2D eigenvalue weighted by atomic mass is 16.6. The average molecular weight is 534 g/mol. The maximum absolute atomic E-state index is 13.3. The van der Waals surface area contributed by atoms with Crippen molar-refractivity contribution < 1.29 is 23.8 Å². The number of alkyl carbamates (subject to hydrolysis) is 1. The van der Waals surface area contributed by atoms with Crippen molar-refractivity contribution in [1.82, 2.24) is 10.2 Å². The molecule has 0 radical (unpaired) electrons. The molecule has 1 unspecified atom stereocenters. The van der Waals surface area contributed by atoms with Gasteiger partial charge in [-0.1, -0.05) is 72.8 Å². The van der Waals surface area contributed by atoms with Gasteiger partial charge in [-0.3, -0.25) is 0 Å². The largest absolute Gasteiger partial charge is 0.497 e. The molecule has 0 saturated carbocycles. The monoisotopic (exact) mass is 533 g/mol. The quantitative estimate of drug-likeness (QED) is 0.347. The van der Waals surface area contributed by atoms with E-state index in [4.69, 9.17) is 19.9 Å². The van der Waals surface area contributed by atoms with Crippen LogP contribution in [0.25, 0.3) is 0 Å². The zero-order valence-corrected chi connectivity index (χ0v) is 23.1. The molecule has 0 saturated heterocycles. The molecule has 0 bridgehead atoms. The highest BCUT2D eigenvalue weighted by Crippen LogP contribution is 2.18. The van der Waals surface area contributed by atoms with Gasteiger partial charge in [0, 0.05) is 19.1 Å². The minimum atomic E-state index is -0.701. The highest BCUT2D eigenvalue weighted by Gasteiger charge is 2.29. The smallest absolute Gasteiger partial charge is 0.410 e. The van der Waals surface area contributed by atoms with Crippen LogP contribution in [0.15, 0.2) is 84.9 Å². The van der Waals surface area contributed by atoms with E-state index in [1.54, 1.807) is 12.0 Å². The molecule has 3 aromatic carbocycles. The lowest BCUT2D eigenvalue weighted by Crippen LogP contribution is -2.55. The van der Waals surface area contributed by atoms with E-state index in [1.807, 2.05) is 106 Å². The maximum atomic E-state index is 13.3. The van der Waals surface area contributed by atoms with Gasteiger partial charge in [-0.05, 0) is 56.0 Å². The van der Waals surface area contributed by atoms with E-state index in [0.717, 1.165) is 16.7 Å². The highest BCUT2D eigenvalue weighted by molar-refractivity contribution is 5.69. The molecule has 8 nitrogen and oxygen atoms in total. The normalized spacial score (nSPS) is 12.6. The number of hydrogen-bond acceptors (Lipinski definition) is 6. The van der Waals surface area contributed by atoms with Crippen LogP contribution in [0, 0.1) is 0 Å². The first kappa shape index (κ1) is 29.5. The van der Waals surface area contributed by atoms with Crippen molar-refractivity contribution in [3.05, 3.63) is 102 Å². The fraction of sp³-hybridized carbons (Fsp3) is 0.355. The second kappa shape index (κ2) is 14.2. The number of ether oxygens (including phenoxy) is 3. The van der Waals surface area contributed by atoms with Gasteiger partial charge in [0.25, 0.3) is 0 Å². The average Bonchev–Trinajstić information content (AvgIpc) is 2.91. The van der Waals surface area contributed by atoms with Crippen LogP contribution in [0.5, 0.6) is 5.75 Å². The number of carbonyl (C=O) groups excluding carboxylic acids is 2. The Bertz CT molecular complexity index is 1180.